The Kier molecular flexibility index (Phi) is 2.62. The van der Waals surface area contributed by atoms with E-state index in [4.69, 9.17) is 15.8 Å². The molecule has 0 atom stereocenters. The summed E-state index contributed by atoms with van der Waals surface area (Å²) in [4.78, 5) is 12.8. The van der Waals surface area contributed by atoms with Gasteiger partial charge in [0.1, 0.15) is 12.7 Å². The van der Waals surface area contributed by atoms with E-state index in [2.05, 4.69) is 5.43 Å². The van der Waals surface area contributed by atoms with Gasteiger partial charge in [-0.05, 0) is 18.2 Å². The number of amides is 1. The molecular weight excluding hydrogens is 208 g/mol. The molecule has 1 heterocycles. The lowest BCUT2D eigenvalue weighted by atomic mass is 10.1. The Hall–Kier alpha value is -2.26. The number of hydrazine groups is 1. The van der Waals surface area contributed by atoms with Crippen LogP contribution >= 0.6 is 0 Å². The van der Waals surface area contributed by atoms with Crippen LogP contribution < -0.4 is 16.2 Å². The molecule has 6 nitrogen and oxygen atoms in total. The molecule has 0 bridgehead atoms. The molecule has 0 saturated carbocycles. The highest BCUT2D eigenvalue weighted by Crippen LogP contribution is 2.26. The maximum absolute atomic E-state index is 11.4. The van der Waals surface area contributed by atoms with Crippen LogP contribution in [0.5, 0.6) is 0 Å². The van der Waals surface area contributed by atoms with E-state index in [9.17, 15) is 4.79 Å². The van der Waals surface area contributed by atoms with Gasteiger partial charge in [-0.25, -0.2) is 4.79 Å². The third kappa shape index (κ3) is 1.64. The standard InChI is InChI=1S/C10H10N4O2/c11-6-7-1-2-8(13-12)5-9(7)14-3-4-16-10(14)15/h1-2,5,13H,3-4,12H2. The largest absolute Gasteiger partial charge is 0.447 e. The van der Waals surface area contributed by atoms with Crippen molar-refractivity contribution in [2.24, 2.45) is 5.84 Å². The molecule has 0 unspecified atom stereocenters. The molecule has 0 spiro atoms. The molecule has 0 aliphatic carbocycles. The normalized spacial score (nSPS) is 14.5. The lowest BCUT2D eigenvalue weighted by Gasteiger charge is -2.15. The van der Waals surface area contributed by atoms with Crippen LogP contribution in [0.1, 0.15) is 5.56 Å². The van der Waals surface area contributed by atoms with E-state index in [1.165, 1.54) is 4.90 Å². The molecular formula is C10H10N4O2. The van der Waals surface area contributed by atoms with Gasteiger partial charge in [0.2, 0.25) is 0 Å². The number of ether oxygens (including phenoxy) is 1. The highest BCUT2D eigenvalue weighted by atomic mass is 16.6. The molecule has 2 rings (SSSR count). The zero-order valence-electron chi connectivity index (χ0n) is 8.43. The fourth-order valence-corrected chi connectivity index (χ4v) is 1.55. The number of nitrogen functional groups attached to an aromatic ring is 1. The van der Waals surface area contributed by atoms with E-state index in [1.54, 1.807) is 18.2 Å². The molecule has 0 aromatic heterocycles. The van der Waals surface area contributed by atoms with Gasteiger partial charge in [-0.2, -0.15) is 5.26 Å². The molecule has 1 amide bonds. The first kappa shape index (κ1) is 10.3. The fraction of sp³-hybridized carbons (Fsp3) is 0.200. The minimum Gasteiger partial charge on any atom is -0.447 e. The Morgan fingerprint density at radius 2 is 2.38 bits per heavy atom. The van der Waals surface area contributed by atoms with E-state index >= 15 is 0 Å². The van der Waals surface area contributed by atoms with Crippen molar-refractivity contribution in [3.63, 3.8) is 0 Å². The molecule has 1 aliphatic heterocycles. The van der Waals surface area contributed by atoms with Crippen LogP contribution in [0.2, 0.25) is 0 Å². The average Bonchev–Trinajstić information content (AvgIpc) is 2.74. The van der Waals surface area contributed by atoms with E-state index < -0.39 is 6.09 Å². The Labute approximate surface area is 92.2 Å². The molecule has 6 heteroatoms. The topological polar surface area (TPSA) is 91.4 Å². The van der Waals surface area contributed by atoms with Crippen molar-refractivity contribution in [2.45, 2.75) is 0 Å². The Bertz CT molecular complexity index is 466. The Balaban J connectivity index is 2.45. The average molecular weight is 218 g/mol. The number of hydrogen-bond acceptors (Lipinski definition) is 5. The summed E-state index contributed by atoms with van der Waals surface area (Å²) in [6.07, 6.45) is -0.439. The summed E-state index contributed by atoms with van der Waals surface area (Å²) >= 11 is 0. The van der Waals surface area contributed by atoms with Crippen LogP contribution in [0, 0.1) is 11.3 Å². The van der Waals surface area contributed by atoms with Crippen molar-refractivity contribution < 1.29 is 9.53 Å². The molecule has 1 saturated heterocycles. The van der Waals surface area contributed by atoms with E-state index in [0.29, 0.717) is 30.1 Å². The van der Waals surface area contributed by atoms with E-state index in [0.717, 1.165) is 0 Å². The van der Waals surface area contributed by atoms with Gasteiger partial charge < -0.3 is 10.2 Å². The molecule has 1 aliphatic rings. The van der Waals surface area contributed by atoms with Gasteiger partial charge in [0, 0.05) is 0 Å². The minimum absolute atomic E-state index is 0.337. The fourth-order valence-electron chi connectivity index (χ4n) is 1.55. The molecule has 0 radical (unpaired) electrons. The molecule has 16 heavy (non-hydrogen) atoms. The summed E-state index contributed by atoms with van der Waals surface area (Å²) in [5.41, 5.74) is 4.03. The number of carbonyl (C=O) groups excluding carboxylic acids is 1. The van der Waals surface area contributed by atoms with Crippen molar-refractivity contribution in [1.29, 1.82) is 5.26 Å². The number of carbonyl (C=O) groups is 1. The van der Waals surface area contributed by atoms with Crippen molar-refractivity contribution in [3.8, 4) is 6.07 Å². The summed E-state index contributed by atoms with van der Waals surface area (Å²) in [5.74, 6) is 5.28. The summed E-state index contributed by atoms with van der Waals surface area (Å²) < 4.78 is 4.82. The Morgan fingerprint density at radius 1 is 1.56 bits per heavy atom. The molecule has 82 valence electrons. The number of nitrogens with one attached hydrogen (secondary N) is 1. The predicted octanol–water partition coefficient (Wildman–Crippen LogP) is 0.800. The number of benzene rings is 1. The summed E-state index contributed by atoms with van der Waals surface area (Å²) in [5, 5.41) is 8.95. The molecule has 3 N–H and O–H groups in total. The van der Waals surface area contributed by atoms with Gasteiger partial charge >= 0.3 is 6.09 Å². The van der Waals surface area contributed by atoms with Crippen molar-refractivity contribution in [1.82, 2.24) is 0 Å². The van der Waals surface area contributed by atoms with Crippen molar-refractivity contribution in [2.75, 3.05) is 23.5 Å². The smallest absolute Gasteiger partial charge is 0.414 e. The monoisotopic (exact) mass is 218 g/mol. The summed E-state index contributed by atoms with van der Waals surface area (Å²) in [6, 6.07) is 6.95. The van der Waals surface area contributed by atoms with Crippen LogP contribution in [0.3, 0.4) is 0 Å². The molecule has 1 aromatic rings. The SMILES string of the molecule is N#Cc1ccc(NN)cc1N1CCOC1=O. The third-order valence-electron chi connectivity index (χ3n) is 2.34. The van der Waals surface area contributed by atoms with Crippen LogP contribution in [0.15, 0.2) is 18.2 Å². The van der Waals surface area contributed by atoms with E-state index in [1.807, 2.05) is 6.07 Å². The van der Waals surface area contributed by atoms with Crippen LogP contribution in [-0.4, -0.2) is 19.2 Å². The van der Waals surface area contributed by atoms with Gasteiger partial charge in [0.05, 0.1) is 23.5 Å². The van der Waals surface area contributed by atoms with Gasteiger partial charge in [-0.15, -0.1) is 0 Å². The lowest BCUT2D eigenvalue weighted by Crippen LogP contribution is -2.24. The number of cyclic esters (lactones) is 1. The zero-order valence-corrected chi connectivity index (χ0v) is 8.43. The first-order chi connectivity index (χ1) is 7.76. The highest BCUT2D eigenvalue weighted by molar-refractivity contribution is 5.91. The predicted molar refractivity (Wildman–Crippen MR) is 57.7 cm³/mol. The summed E-state index contributed by atoms with van der Waals surface area (Å²) in [7, 11) is 0. The number of nitrogens with zero attached hydrogens (tertiary/aromatic N) is 2. The van der Waals surface area contributed by atoms with Gasteiger partial charge in [0.25, 0.3) is 0 Å². The van der Waals surface area contributed by atoms with Crippen molar-refractivity contribution in [3.05, 3.63) is 23.8 Å². The van der Waals surface area contributed by atoms with Gasteiger partial charge in [0.15, 0.2) is 0 Å². The first-order valence-electron chi connectivity index (χ1n) is 4.71. The van der Waals surface area contributed by atoms with Crippen molar-refractivity contribution >= 4 is 17.5 Å². The molecule has 1 fully saturated rings. The number of rotatable bonds is 2. The number of hydrogen-bond donors (Lipinski definition) is 2. The first-order valence-corrected chi connectivity index (χ1v) is 4.71. The van der Waals surface area contributed by atoms with Crippen LogP contribution in [-0.2, 0) is 4.74 Å². The van der Waals surface area contributed by atoms with E-state index in [-0.39, 0.29) is 0 Å². The summed E-state index contributed by atoms with van der Waals surface area (Å²) in [6.45, 7) is 0.783. The number of anilines is 2. The third-order valence-corrected chi connectivity index (χ3v) is 2.34. The van der Waals surface area contributed by atoms with Gasteiger partial charge in [-0.3, -0.25) is 10.7 Å². The highest BCUT2D eigenvalue weighted by Gasteiger charge is 2.25. The second kappa shape index (κ2) is 4.08. The van der Waals surface area contributed by atoms with Crippen LogP contribution in [0.4, 0.5) is 16.2 Å². The lowest BCUT2D eigenvalue weighted by molar-refractivity contribution is 0.181. The maximum Gasteiger partial charge on any atom is 0.414 e. The molecule has 1 aromatic carbocycles. The Morgan fingerprint density at radius 3 is 2.94 bits per heavy atom. The maximum atomic E-state index is 11.4. The quantitative estimate of drug-likeness (QED) is 0.566. The second-order valence-electron chi connectivity index (χ2n) is 3.25. The van der Waals surface area contributed by atoms with Gasteiger partial charge in [-0.1, -0.05) is 0 Å². The minimum atomic E-state index is -0.439. The number of nitrogens with two attached hydrogens (primary N) is 1. The van der Waals surface area contributed by atoms with Crippen LogP contribution in [0.25, 0.3) is 0 Å². The second-order valence-corrected chi connectivity index (χ2v) is 3.25. The number of nitriles is 1. The zero-order chi connectivity index (χ0) is 11.5.